The zero-order chi connectivity index (χ0) is 15.7. The fraction of sp³-hybridized carbons (Fsp3) is 0.588. The number of likely N-dealkylation sites (tertiary alicyclic amines) is 1. The Morgan fingerprint density at radius 3 is 2.50 bits per heavy atom. The monoisotopic (exact) mass is 305 g/mol. The van der Waals surface area contributed by atoms with E-state index in [1.54, 1.807) is 0 Å². The first-order chi connectivity index (χ1) is 10.5. The molecule has 0 N–H and O–H groups in total. The van der Waals surface area contributed by atoms with Gasteiger partial charge in [0.2, 0.25) is 5.91 Å². The van der Waals surface area contributed by atoms with Crippen LogP contribution in [0.15, 0.2) is 24.3 Å². The molecule has 3 rings (SSSR count). The van der Waals surface area contributed by atoms with E-state index in [-0.39, 0.29) is 23.7 Å². The molecular weight excluding hydrogens is 281 g/mol. The Bertz CT molecular complexity index is 533. The number of hydrogen-bond donors (Lipinski definition) is 0. The summed E-state index contributed by atoms with van der Waals surface area (Å²) in [5, 5.41) is 0. The molecule has 0 spiro atoms. The third-order valence-electron chi connectivity index (χ3n) is 4.97. The summed E-state index contributed by atoms with van der Waals surface area (Å²) in [5.74, 6) is 0.156. The number of carbonyl (C=O) groups excluding carboxylic acids is 1. The third-order valence-corrected chi connectivity index (χ3v) is 4.97. The average molecular weight is 305 g/mol. The van der Waals surface area contributed by atoms with Crippen molar-refractivity contribution in [2.24, 2.45) is 5.92 Å². The van der Waals surface area contributed by atoms with E-state index in [4.69, 9.17) is 0 Å². The first-order valence-electron chi connectivity index (χ1n) is 7.96. The van der Waals surface area contributed by atoms with E-state index < -0.39 is 0 Å². The van der Waals surface area contributed by atoms with E-state index in [0.29, 0.717) is 0 Å². The lowest BCUT2D eigenvalue weighted by atomic mass is 9.94. The van der Waals surface area contributed by atoms with Gasteiger partial charge >= 0.3 is 0 Å². The van der Waals surface area contributed by atoms with Crippen molar-refractivity contribution >= 4 is 5.91 Å². The van der Waals surface area contributed by atoms with E-state index >= 15 is 0 Å². The zero-order valence-corrected chi connectivity index (χ0v) is 13.3. The minimum atomic E-state index is -0.203. The van der Waals surface area contributed by atoms with Crippen molar-refractivity contribution in [3.05, 3.63) is 35.6 Å². The molecule has 0 saturated carbocycles. The van der Waals surface area contributed by atoms with Gasteiger partial charge in [-0.15, -0.1) is 0 Å². The second kappa shape index (κ2) is 6.34. The van der Waals surface area contributed by atoms with Gasteiger partial charge in [0.15, 0.2) is 0 Å². The summed E-state index contributed by atoms with van der Waals surface area (Å²) >= 11 is 0. The normalized spacial score (nSPS) is 27.6. The molecule has 0 aliphatic carbocycles. The van der Waals surface area contributed by atoms with Gasteiger partial charge in [0.1, 0.15) is 5.82 Å². The summed E-state index contributed by atoms with van der Waals surface area (Å²) in [6.45, 7) is 4.52. The molecule has 120 valence electrons. The zero-order valence-electron chi connectivity index (χ0n) is 13.3. The first-order valence-corrected chi connectivity index (χ1v) is 7.96. The Labute approximate surface area is 131 Å². The van der Waals surface area contributed by atoms with Gasteiger partial charge in [-0.2, -0.15) is 0 Å². The lowest BCUT2D eigenvalue weighted by Crippen LogP contribution is -2.55. The minimum absolute atomic E-state index is 0.0909. The summed E-state index contributed by atoms with van der Waals surface area (Å²) < 4.78 is 13.1. The van der Waals surface area contributed by atoms with Crippen LogP contribution in [-0.4, -0.2) is 66.9 Å². The second-order valence-electron chi connectivity index (χ2n) is 6.58. The summed E-state index contributed by atoms with van der Waals surface area (Å²) in [6, 6.07) is 6.95. The van der Waals surface area contributed by atoms with Crippen molar-refractivity contribution in [3.8, 4) is 0 Å². The fourth-order valence-corrected chi connectivity index (χ4v) is 3.60. The van der Waals surface area contributed by atoms with Crippen LogP contribution in [0, 0.1) is 11.7 Å². The molecule has 4 nitrogen and oxygen atoms in total. The largest absolute Gasteiger partial charge is 0.345 e. The highest BCUT2D eigenvalue weighted by atomic mass is 19.1. The maximum Gasteiger partial charge on any atom is 0.227 e. The van der Waals surface area contributed by atoms with Crippen molar-refractivity contribution in [2.45, 2.75) is 19.0 Å². The Kier molecular flexibility index (Phi) is 4.45. The smallest absolute Gasteiger partial charge is 0.227 e. The molecule has 2 atom stereocenters. The Balaban J connectivity index is 1.75. The summed E-state index contributed by atoms with van der Waals surface area (Å²) in [7, 11) is 4.00. The van der Waals surface area contributed by atoms with Gasteiger partial charge < -0.3 is 9.80 Å². The molecule has 22 heavy (non-hydrogen) atoms. The van der Waals surface area contributed by atoms with Crippen LogP contribution < -0.4 is 0 Å². The number of nitrogens with zero attached hydrogens (tertiary/aromatic N) is 3. The molecule has 2 heterocycles. The van der Waals surface area contributed by atoms with Crippen LogP contribution in [0.1, 0.15) is 12.0 Å². The van der Waals surface area contributed by atoms with E-state index in [9.17, 15) is 9.18 Å². The van der Waals surface area contributed by atoms with Gasteiger partial charge in [0.05, 0.1) is 5.92 Å². The number of likely N-dealkylation sites (N-methyl/N-ethyl adjacent to an activating group) is 1. The van der Waals surface area contributed by atoms with Gasteiger partial charge in [-0.1, -0.05) is 12.1 Å². The predicted octanol–water partition coefficient (Wildman–Crippen LogP) is 1.42. The summed E-state index contributed by atoms with van der Waals surface area (Å²) in [5.41, 5.74) is 1.11. The standard InChI is InChI=1S/C17H24FN3O/c1-19-9-10-21(11-13-3-5-14(18)6-4-13)16(12-19)15-7-8-20(2)17(15)22/h3-6,15-16H,7-12H2,1-2H3. The van der Waals surface area contributed by atoms with Gasteiger partial charge in [0.25, 0.3) is 0 Å². The van der Waals surface area contributed by atoms with Crippen molar-refractivity contribution in [3.63, 3.8) is 0 Å². The number of hydrogen-bond acceptors (Lipinski definition) is 3. The molecule has 0 radical (unpaired) electrons. The van der Waals surface area contributed by atoms with Gasteiger partial charge in [-0.3, -0.25) is 9.69 Å². The van der Waals surface area contributed by atoms with E-state index in [0.717, 1.165) is 44.7 Å². The van der Waals surface area contributed by atoms with E-state index in [1.165, 1.54) is 12.1 Å². The molecule has 2 fully saturated rings. The van der Waals surface area contributed by atoms with Crippen LogP contribution in [0.2, 0.25) is 0 Å². The SMILES string of the molecule is CN1CCN(Cc2ccc(F)cc2)C(C2CCN(C)C2=O)C1. The highest BCUT2D eigenvalue weighted by Gasteiger charge is 2.40. The van der Waals surface area contributed by atoms with Crippen LogP contribution >= 0.6 is 0 Å². The quantitative estimate of drug-likeness (QED) is 0.845. The Morgan fingerprint density at radius 1 is 1.14 bits per heavy atom. The average Bonchev–Trinajstić information content (AvgIpc) is 2.83. The maximum absolute atomic E-state index is 13.1. The molecular formula is C17H24FN3O. The predicted molar refractivity (Wildman–Crippen MR) is 83.8 cm³/mol. The number of benzene rings is 1. The topological polar surface area (TPSA) is 26.8 Å². The lowest BCUT2D eigenvalue weighted by molar-refractivity contribution is -0.132. The number of amides is 1. The van der Waals surface area contributed by atoms with E-state index in [2.05, 4.69) is 16.8 Å². The lowest BCUT2D eigenvalue weighted by Gasteiger charge is -2.42. The molecule has 0 aromatic heterocycles. The number of piperazine rings is 1. The van der Waals surface area contributed by atoms with Crippen LogP contribution in [-0.2, 0) is 11.3 Å². The van der Waals surface area contributed by atoms with Gasteiger partial charge in [-0.25, -0.2) is 4.39 Å². The Hall–Kier alpha value is -1.46. The van der Waals surface area contributed by atoms with Crippen molar-refractivity contribution < 1.29 is 9.18 Å². The summed E-state index contributed by atoms with van der Waals surface area (Å²) in [6.07, 6.45) is 0.938. The molecule has 2 aliphatic rings. The third kappa shape index (κ3) is 3.15. The highest BCUT2D eigenvalue weighted by Crippen LogP contribution is 2.27. The molecule has 1 aromatic carbocycles. The molecule has 1 aromatic rings. The number of rotatable bonds is 3. The highest BCUT2D eigenvalue weighted by molar-refractivity contribution is 5.81. The van der Waals surface area contributed by atoms with E-state index in [1.807, 2.05) is 24.1 Å². The van der Waals surface area contributed by atoms with Crippen LogP contribution in [0.25, 0.3) is 0 Å². The number of halogens is 1. The van der Waals surface area contributed by atoms with Gasteiger partial charge in [-0.05, 0) is 31.2 Å². The molecule has 2 saturated heterocycles. The van der Waals surface area contributed by atoms with Crippen molar-refractivity contribution in [1.29, 1.82) is 0 Å². The molecule has 0 bridgehead atoms. The minimum Gasteiger partial charge on any atom is -0.345 e. The van der Waals surface area contributed by atoms with Crippen molar-refractivity contribution in [1.82, 2.24) is 14.7 Å². The fourth-order valence-electron chi connectivity index (χ4n) is 3.60. The maximum atomic E-state index is 13.1. The van der Waals surface area contributed by atoms with Crippen LogP contribution in [0.3, 0.4) is 0 Å². The molecule has 2 aliphatic heterocycles. The van der Waals surface area contributed by atoms with Crippen LogP contribution in [0.5, 0.6) is 0 Å². The molecule has 5 heteroatoms. The first kappa shape index (κ1) is 15.4. The molecule has 1 amide bonds. The number of carbonyl (C=O) groups is 1. The molecule has 2 unspecified atom stereocenters. The van der Waals surface area contributed by atoms with Crippen molar-refractivity contribution in [2.75, 3.05) is 40.3 Å². The second-order valence-corrected chi connectivity index (χ2v) is 6.58. The summed E-state index contributed by atoms with van der Waals surface area (Å²) in [4.78, 5) is 18.9. The Morgan fingerprint density at radius 2 is 1.86 bits per heavy atom. The van der Waals surface area contributed by atoms with Crippen LogP contribution in [0.4, 0.5) is 4.39 Å². The van der Waals surface area contributed by atoms with Gasteiger partial charge in [0, 0.05) is 45.8 Å².